The summed E-state index contributed by atoms with van der Waals surface area (Å²) in [6.45, 7) is 0. The normalized spacial score (nSPS) is 16.3. The zero-order chi connectivity index (χ0) is 16.4. The van der Waals surface area contributed by atoms with Crippen molar-refractivity contribution in [3.63, 3.8) is 0 Å². The third kappa shape index (κ3) is 3.07. The fraction of sp³-hybridized carbons (Fsp3) is 0.188. The summed E-state index contributed by atoms with van der Waals surface area (Å²) in [5.74, 6) is 2.61. The maximum atomic E-state index is 12.4. The van der Waals surface area contributed by atoms with Gasteiger partial charge in [-0.05, 0) is 17.7 Å². The summed E-state index contributed by atoms with van der Waals surface area (Å²) in [5.41, 5.74) is 0.892. The molecule has 0 fully saturated rings. The number of H-pyrrole nitrogens is 1. The van der Waals surface area contributed by atoms with E-state index >= 15 is 0 Å². The number of phenols is 1. The van der Waals surface area contributed by atoms with Crippen LogP contribution in [0.15, 0.2) is 34.2 Å². The van der Waals surface area contributed by atoms with Crippen molar-refractivity contribution in [3.05, 3.63) is 45.7 Å². The first kappa shape index (κ1) is 15.2. The molecular weight excluding hydrogens is 314 g/mol. The van der Waals surface area contributed by atoms with Gasteiger partial charge in [-0.3, -0.25) is 9.59 Å². The predicted molar refractivity (Wildman–Crippen MR) is 87.6 cm³/mol. The van der Waals surface area contributed by atoms with Gasteiger partial charge < -0.3 is 15.4 Å². The summed E-state index contributed by atoms with van der Waals surface area (Å²) in [6, 6.07) is 6.45. The second-order valence-corrected chi connectivity index (χ2v) is 5.99. The number of aromatic amines is 1. The standard InChI is InChI=1S/C16H13N3O3S/c1-2-7-23-16-18-14-13(15(22)19-16)11(8-12(21)17-14)9-3-5-10(20)6-4-9/h1,3-6,11,20H,7-8H2,(H2,17,18,19,21,22)/t11-/m0/s1. The Labute approximate surface area is 136 Å². The molecule has 3 rings (SSSR count). The summed E-state index contributed by atoms with van der Waals surface area (Å²) >= 11 is 1.22. The summed E-state index contributed by atoms with van der Waals surface area (Å²) in [4.78, 5) is 31.4. The zero-order valence-corrected chi connectivity index (χ0v) is 12.8. The summed E-state index contributed by atoms with van der Waals surface area (Å²) in [7, 11) is 0. The molecule has 116 valence electrons. The van der Waals surface area contributed by atoms with Gasteiger partial charge in [-0.2, -0.15) is 0 Å². The Morgan fingerprint density at radius 1 is 1.35 bits per heavy atom. The summed E-state index contributed by atoms with van der Waals surface area (Å²) < 4.78 is 0. The van der Waals surface area contributed by atoms with E-state index in [0.29, 0.717) is 16.5 Å². The van der Waals surface area contributed by atoms with Crippen LogP contribution in [-0.2, 0) is 4.79 Å². The van der Waals surface area contributed by atoms with Crippen molar-refractivity contribution < 1.29 is 9.90 Å². The molecule has 7 heteroatoms. The van der Waals surface area contributed by atoms with Crippen LogP contribution in [0.2, 0.25) is 0 Å². The number of hydrogen-bond acceptors (Lipinski definition) is 5. The van der Waals surface area contributed by atoms with Crippen LogP contribution in [0.4, 0.5) is 5.82 Å². The molecular formula is C16H13N3O3S. The van der Waals surface area contributed by atoms with Gasteiger partial charge in [0.15, 0.2) is 5.16 Å². The fourth-order valence-corrected chi connectivity index (χ4v) is 3.06. The Balaban J connectivity index is 2.07. The molecule has 1 aliphatic heterocycles. The molecule has 2 heterocycles. The largest absolute Gasteiger partial charge is 0.508 e. The van der Waals surface area contributed by atoms with Crippen LogP contribution in [-0.4, -0.2) is 26.7 Å². The molecule has 0 spiro atoms. The monoisotopic (exact) mass is 327 g/mol. The highest BCUT2D eigenvalue weighted by Gasteiger charge is 2.30. The number of amides is 1. The van der Waals surface area contributed by atoms with Crippen molar-refractivity contribution in [1.29, 1.82) is 0 Å². The van der Waals surface area contributed by atoms with Gasteiger partial charge in [-0.15, -0.1) is 6.42 Å². The quantitative estimate of drug-likeness (QED) is 0.453. The van der Waals surface area contributed by atoms with Crippen LogP contribution >= 0.6 is 11.8 Å². The van der Waals surface area contributed by atoms with Gasteiger partial charge in [0.2, 0.25) is 5.91 Å². The molecule has 0 bridgehead atoms. The van der Waals surface area contributed by atoms with E-state index in [2.05, 4.69) is 21.2 Å². The lowest BCUT2D eigenvalue weighted by Gasteiger charge is -2.24. The molecule has 1 atom stereocenters. The second kappa shape index (κ2) is 6.18. The number of carbonyl (C=O) groups is 1. The minimum Gasteiger partial charge on any atom is -0.508 e. The number of nitrogens with one attached hydrogen (secondary N) is 2. The molecule has 6 nitrogen and oxygen atoms in total. The first-order valence-electron chi connectivity index (χ1n) is 6.87. The first-order valence-corrected chi connectivity index (χ1v) is 7.86. The third-order valence-electron chi connectivity index (χ3n) is 3.52. The van der Waals surface area contributed by atoms with E-state index in [-0.39, 0.29) is 29.5 Å². The number of aromatic nitrogens is 2. The molecule has 1 aliphatic rings. The Kier molecular flexibility index (Phi) is 4.08. The molecule has 23 heavy (non-hydrogen) atoms. The molecule has 3 N–H and O–H groups in total. The molecule has 0 saturated heterocycles. The molecule has 1 aromatic heterocycles. The molecule has 0 saturated carbocycles. The van der Waals surface area contributed by atoms with Gasteiger partial charge in [0.1, 0.15) is 11.6 Å². The van der Waals surface area contributed by atoms with E-state index < -0.39 is 5.92 Å². The van der Waals surface area contributed by atoms with Gasteiger partial charge >= 0.3 is 0 Å². The van der Waals surface area contributed by atoms with Gasteiger partial charge in [-0.1, -0.05) is 29.8 Å². The lowest BCUT2D eigenvalue weighted by molar-refractivity contribution is -0.116. The van der Waals surface area contributed by atoms with E-state index in [9.17, 15) is 14.7 Å². The highest BCUT2D eigenvalue weighted by atomic mass is 32.2. The fourth-order valence-electron chi connectivity index (χ4n) is 2.52. The van der Waals surface area contributed by atoms with Crippen molar-refractivity contribution in [2.75, 3.05) is 11.1 Å². The number of anilines is 1. The lowest BCUT2D eigenvalue weighted by atomic mass is 9.87. The molecule has 0 unspecified atom stereocenters. The van der Waals surface area contributed by atoms with E-state index in [1.54, 1.807) is 12.1 Å². The summed E-state index contributed by atoms with van der Waals surface area (Å²) in [5, 5.41) is 12.4. The van der Waals surface area contributed by atoms with Crippen molar-refractivity contribution >= 4 is 23.5 Å². The molecule has 2 aromatic rings. The van der Waals surface area contributed by atoms with Gasteiger partial charge in [0.25, 0.3) is 5.56 Å². The number of hydrogen-bond donors (Lipinski definition) is 3. The molecule has 0 radical (unpaired) electrons. The zero-order valence-electron chi connectivity index (χ0n) is 12.0. The SMILES string of the molecule is C#CCSc1nc2c(c(=O)[nH]1)[C@H](c1ccc(O)cc1)CC(=O)N2. The van der Waals surface area contributed by atoms with Crippen LogP contribution in [0.3, 0.4) is 0 Å². The van der Waals surface area contributed by atoms with Crippen LogP contribution in [0.5, 0.6) is 5.75 Å². The molecule has 1 amide bonds. The van der Waals surface area contributed by atoms with E-state index in [1.165, 1.54) is 23.9 Å². The highest BCUT2D eigenvalue weighted by molar-refractivity contribution is 7.99. The number of carbonyl (C=O) groups excluding carboxylic acids is 1. The smallest absolute Gasteiger partial charge is 0.257 e. The van der Waals surface area contributed by atoms with Crippen LogP contribution < -0.4 is 10.9 Å². The topological polar surface area (TPSA) is 95.1 Å². The number of phenolic OH excluding ortho intramolecular Hbond substituents is 1. The predicted octanol–water partition coefficient (Wildman–Crippen LogP) is 1.67. The maximum Gasteiger partial charge on any atom is 0.257 e. The van der Waals surface area contributed by atoms with E-state index in [0.717, 1.165) is 5.56 Å². The number of nitrogens with zero attached hydrogens (tertiary/aromatic N) is 1. The average molecular weight is 327 g/mol. The van der Waals surface area contributed by atoms with Crippen LogP contribution in [0, 0.1) is 12.3 Å². The Hall–Kier alpha value is -2.72. The van der Waals surface area contributed by atoms with Gasteiger partial charge in [0.05, 0.1) is 11.3 Å². The Bertz CT molecular complexity index is 852. The number of terminal acetylenes is 1. The minimum atomic E-state index is -0.401. The van der Waals surface area contributed by atoms with Crippen molar-refractivity contribution in [2.24, 2.45) is 0 Å². The van der Waals surface area contributed by atoms with Gasteiger partial charge in [-0.25, -0.2) is 4.98 Å². The minimum absolute atomic E-state index is 0.127. The Morgan fingerprint density at radius 2 is 2.09 bits per heavy atom. The lowest BCUT2D eigenvalue weighted by Crippen LogP contribution is -2.31. The first-order chi connectivity index (χ1) is 11.1. The molecule has 1 aromatic carbocycles. The summed E-state index contributed by atoms with van der Waals surface area (Å²) in [6.07, 6.45) is 5.36. The Morgan fingerprint density at radius 3 is 2.78 bits per heavy atom. The van der Waals surface area contributed by atoms with E-state index in [4.69, 9.17) is 6.42 Å². The maximum absolute atomic E-state index is 12.4. The molecule has 0 aliphatic carbocycles. The van der Waals surface area contributed by atoms with Crippen LogP contribution in [0.25, 0.3) is 0 Å². The number of aromatic hydroxyl groups is 1. The van der Waals surface area contributed by atoms with Crippen molar-refractivity contribution in [3.8, 4) is 18.1 Å². The second-order valence-electron chi connectivity index (χ2n) is 5.02. The van der Waals surface area contributed by atoms with Gasteiger partial charge in [0, 0.05) is 12.3 Å². The third-order valence-corrected chi connectivity index (χ3v) is 4.29. The van der Waals surface area contributed by atoms with Crippen molar-refractivity contribution in [2.45, 2.75) is 17.5 Å². The van der Waals surface area contributed by atoms with Crippen LogP contribution in [0.1, 0.15) is 23.5 Å². The highest BCUT2D eigenvalue weighted by Crippen LogP contribution is 2.34. The van der Waals surface area contributed by atoms with E-state index in [1.807, 2.05) is 0 Å². The number of rotatable bonds is 3. The average Bonchev–Trinajstić information content (AvgIpc) is 2.52. The number of thioether (sulfide) groups is 1. The number of fused-ring (bicyclic) bond motifs is 1. The number of benzene rings is 1. The van der Waals surface area contributed by atoms with Crippen molar-refractivity contribution in [1.82, 2.24) is 9.97 Å².